The number of halogens is 1. The Bertz CT molecular complexity index is 575. The third-order valence-corrected chi connectivity index (χ3v) is 2.46. The van der Waals surface area contributed by atoms with E-state index in [0.717, 1.165) is 12.1 Å². The number of nitrogens with one attached hydrogen (secondary N) is 1. The molecule has 3 N–H and O–H groups in total. The number of amides is 1. The highest BCUT2D eigenvalue weighted by Gasteiger charge is 2.08. The maximum atomic E-state index is 13.1. The Morgan fingerprint density at radius 3 is 2.89 bits per heavy atom. The molecule has 0 bridgehead atoms. The number of aryl methyl sites for hydroxylation is 1. The molecular weight excluding hydrogens is 249 g/mol. The highest BCUT2D eigenvalue weighted by atomic mass is 19.1. The van der Waals surface area contributed by atoms with Gasteiger partial charge in [0.15, 0.2) is 5.82 Å². The predicted molar refractivity (Wildman–Crippen MR) is 67.9 cm³/mol. The number of carbonyl (C=O) groups is 1. The van der Waals surface area contributed by atoms with Gasteiger partial charge in [-0.3, -0.25) is 9.48 Å². The highest BCUT2D eigenvalue weighted by molar-refractivity contribution is 5.95. The summed E-state index contributed by atoms with van der Waals surface area (Å²) in [5.74, 6) is -0.264. The molecule has 0 radical (unpaired) electrons. The van der Waals surface area contributed by atoms with Crippen molar-refractivity contribution in [2.75, 3.05) is 12.3 Å². The van der Waals surface area contributed by atoms with Gasteiger partial charge in [-0.05, 0) is 18.2 Å². The van der Waals surface area contributed by atoms with Gasteiger partial charge in [0.2, 0.25) is 0 Å². The van der Waals surface area contributed by atoms with Crippen LogP contribution in [0.5, 0.6) is 0 Å². The molecule has 0 aliphatic heterocycles. The maximum absolute atomic E-state index is 13.1. The van der Waals surface area contributed by atoms with Crippen molar-refractivity contribution in [1.29, 1.82) is 0 Å². The van der Waals surface area contributed by atoms with Gasteiger partial charge < -0.3 is 11.1 Å². The van der Waals surface area contributed by atoms with E-state index >= 15 is 0 Å². The standard InChI is InChI=1S/C12H14FN5O/c1-18-7-16-11(17-18)2-3-15-12(19)8-4-9(13)6-10(14)5-8/h4-7H,2-3,14H2,1H3,(H,15,19). The molecule has 0 spiro atoms. The number of rotatable bonds is 4. The van der Waals surface area contributed by atoms with E-state index in [1.165, 1.54) is 6.07 Å². The van der Waals surface area contributed by atoms with Crippen molar-refractivity contribution in [3.8, 4) is 0 Å². The predicted octanol–water partition coefficient (Wildman–Crippen LogP) is 0.509. The van der Waals surface area contributed by atoms with Crippen molar-refractivity contribution in [2.24, 2.45) is 7.05 Å². The first-order valence-corrected chi connectivity index (χ1v) is 5.73. The summed E-state index contributed by atoms with van der Waals surface area (Å²) in [5.41, 5.74) is 5.90. The van der Waals surface area contributed by atoms with Crippen LogP contribution < -0.4 is 11.1 Å². The zero-order valence-corrected chi connectivity index (χ0v) is 10.4. The molecule has 1 amide bonds. The summed E-state index contributed by atoms with van der Waals surface area (Å²) in [4.78, 5) is 15.8. The van der Waals surface area contributed by atoms with Crippen LogP contribution in [-0.4, -0.2) is 27.2 Å². The van der Waals surface area contributed by atoms with Crippen molar-refractivity contribution in [1.82, 2.24) is 20.1 Å². The summed E-state index contributed by atoms with van der Waals surface area (Å²) in [7, 11) is 1.77. The Morgan fingerprint density at radius 1 is 1.47 bits per heavy atom. The third kappa shape index (κ3) is 3.51. The molecule has 19 heavy (non-hydrogen) atoms. The van der Waals surface area contributed by atoms with Crippen LogP contribution in [0.25, 0.3) is 0 Å². The minimum Gasteiger partial charge on any atom is -0.399 e. The molecule has 100 valence electrons. The van der Waals surface area contributed by atoms with Crippen molar-refractivity contribution in [3.63, 3.8) is 0 Å². The van der Waals surface area contributed by atoms with E-state index in [1.54, 1.807) is 18.1 Å². The lowest BCUT2D eigenvalue weighted by atomic mass is 10.2. The molecule has 0 unspecified atom stereocenters. The molecule has 0 aliphatic rings. The zero-order valence-electron chi connectivity index (χ0n) is 10.4. The van der Waals surface area contributed by atoms with Crippen LogP contribution in [0, 0.1) is 5.82 Å². The van der Waals surface area contributed by atoms with E-state index in [2.05, 4.69) is 15.4 Å². The van der Waals surface area contributed by atoms with Gasteiger partial charge >= 0.3 is 0 Å². The van der Waals surface area contributed by atoms with E-state index in [9.17, 15) is 9.18 Å². The average molecular weight is 263 g/mol. The van der Waals surface area contributed by atoms with E-state index in [0.29, 0.717) is 18.8 Å². The first-order chi connectivity index (χ1) is 9.04. The average Bonchev–Trinajstić information content (AvgIpc) is 2.73. The number of hydrogen-bond acceptors (Lipinski definition) is 4. The Hall–Kier alpha value is -2.44. The first-order valence-electron chi connectivity index (χ1n) is 5.73. The number of anilines is 1. The fourth-order valence-electron chi connectivity index (χ4n) is 1.63. The summed E-state index contributed by atoms with van der Waals surface area (Å²) in [5, 5.41) is 6.74. The van der Waals surface area contributed by atoms with E-state index < -0.39 is 5.82 Å². The molecule has 7 heteroatoms. The van der Waals surface area contributed by atoms with Gasteiger partial charge in [0, 0.05) is 31.3 Å². The largest absolute Gasteiger partial charge is 0.399 e. The second-order valence-corrected chi connectivity index (χ2v) is 4.11. The van der Waals surface area contributed by atoms with Crippen molar-refractivity contribution >= 4 is 11.6 Å². The smallest absolute Gasteiger partial charge is 0.251 e. The molecule has 0 saturated carbocycles. The fourth-order valence-corrected chi connectivity index (χ4v) is 1.63. The molecule has 1 heterocycles. The van der Waals surface area contributed by atoms with Gasteiger partial charge in [-0.2, -0.15) is 5.10 Å². The first kappa shape index (κ1) is 13.0. The number of nitrogens with zero attached hydrogens (tertiary/aromatic N) is 3. The number of carbonyl (C=O) groups excluding carboxylic acids is 1. The van der Waals surface area contributed by atoms with Crippen molar-refractivity contribution in [3.05, 3.63) is 41.7 Å². The molecule has 0 atom stereocenters. The lowest BCUT2D eigenvalue weighted by molar-refractivity contribution is 0.0953. The maximum Gasteiger partial charge on any atom is 0.251 e. The second-order valence-electron chi connectivity index (χ2n) is 4.11. The van der Waals surface area contributed by atoms with Crippen LogP contribution in [0.15, 0.2) is 24.5 Å². The minimum atomic E-state index is -0.531. The minimum absolute atomic E-state index is 0.200. The summed E-state index contributed by atoms with van der Waals surface area (Å²) in [6.45, 7) is 0.374. The number of benzene rings is 1. The Balaban J connectivity index is 1.90. The van der Waals surface area contributed by atoms with Gasteiger partial charge in [0.25, 0.3) is 5.91 Å². The van der Waals surface area contributed by atoms with E-state index in [4.69, 9.17) is 5.73 Å². The number of aromatic nitrogens is 3. The van der Waals surface area contributed by atoms with Crippen LogP contribution in [-0.2, 0) is 13.5 Å². The van der Waals surface area contributed by atoms with Crippen LogP contribution in [0.1, 0.15) is 16.2 Å². The van der Waals surface area contributed by atoms with Crippen molar-refractivity contribution in [2.45, 2.75) is 6.42 Å². The highest BCUT2D eigenvalue weighted by Crippen LogP contribution is 2.10. The van der Waals surface area contributed by atoms with Gasteiger partial charge in [-0.1, -0.05) is 0 Å². The third-order valence-electron chi connectivity index (χ3n) is 2.46. The van der Waals surface area contributed by atoms with E-state index in [-0.39, 0.29) is 17.2 Å². The summed E-state index contributed by atoms with van der Waals surface area (Å²) < 4.78 is 14.7. The molecular formula is C12H14FN5O. The summed E-state index contributed by atoms with van der Waals surface area (Å²) in [6, 6.07) is 3.73. The molecule has 0 aliphatic carbocycles. The molecule has 2 rings (SSSR count). The van der Waals surface area contributed by atoms with Crippen LogP contribution in [0.2, 0.25) is 0 Å². The molecule has 2 aromatic rings. The fraction of sp³-hybridized carbons (Fsp3) is 0.250. The normalized spacial score (nSPS) is 10.4. The Kier molecular flexibility index (Phi) is 3.74. The van der Waals surface area contributed by atoms with Crippen LogP contribution >= 0.6 is 0 Å². The van der Waals surface area contributed by atoms with E-state index in [1.807, 2.05) is 0 Å². The topological polar surface area (TPSA) is 85.8 Å². The van der Waals surface area contributed by atoms with Gasteiger partial charge in [0.05, 0.1) is 0 Å². The van der Waals surface area contributed by atoms with Gasteiger partial charge in [0.1, 0.15) is 12.1 Å². The zero-order chi connectivity index (χ0) is 13.8. The number of nitrogens with two attached hydrogens (primary N) is 1. The Labute approximate surface area is 109 Å². The Morgan fingerprint density at radius 2 is 2.26 bits per heavy atom. The summed E-state index contributed by atoms with van der Waals surface area (Å²) >= 11 is 0. The monoisotopic (exact) mass is 263 g/mol. The number of nitrogen functional groups attached to an aromatic ring is 1. The van der Waals surface area contributed by atoms with Crippen LogP contribution in [0.4, 0.5) is 10.1 Å². The molecule has 1 aromatic heterocycles. The van der Waals surface area contributed by atoms with Gasteiger partial charge in [-0.25, -0.2) is 9.37 Å². The second kappa shape index (κ2) is 5.47. The molecule has 6 nitrogen and oxygen atoms in total. The van der Waals surface area contributed by atoms with Crippen molar-refractivity contribution < 1.29 is 9.18 Å². The molecule has 0 fully saturated rings. The molecule has 0 saturated heterocycles. The number of hydrogen-bond donors (Lipinski definition) is 2. The quantitative estimate of drug-likeness (QED) is 0.787. The van der Waals surface area contributed by atoms with Gasteiger partial charge in [-0.15, -0.1) is 0 Å². The lowest BCUT2D eigenvalue weighted by Gasteiger charge is -2.05. The van der Waals surface area contributed by atoms with Crippen LogP contribution in [0.3, 0.4) is 0 Å². The summed E-state index contributed by atoms with van der Waals surface area (Å²) in [6.07, 6.45) is 2.10. The SMILES string of the molecule is Cn1cnc(CCNC(=O)c2cc(N)cc(F)c2)n1. The molecule has 1 aromatic carbocycles. The lowest BCUT2D eigenvalue weighted by Crippen LogP contribution is -2.26.